The van der Waals surface area contributed by atoms with E-state index in [2.05, 4.69) is 28.9 Å². The fourth-order valence-electron chi connectivity index (χ4n) is 4.79. The van der Waals surface area contributed by atoms with Gasteiger partial charge in [0.05, 0.1) is 18.2 Å². The molecule has 1 fully saturated rings. The molecule has 0 bridgehead atoms. The van der Waals surface area contributed by atoms with E-state index in [0.717, 1.165) is 72.5 Å². The Morgan fingerprint density at radius 2 is 1.79 bits per heavy atom. The smallest absolute Gasteiger partial charge is 0.138 e. The van der Waals surface area contributed by atoms with Gasteiger partial charge in [-0.15, -0.1) is 0 Å². The molecule has 1 aliphatic heterocycles. The van der Waals surface area contributed by atoms with Crippen molar-refractivity contribution < 1.29 is 9.84 Å². The Kier molecular flexibility index (Phi) is 8.02. The van der Waals surface area contributed by atoms with Crippen LogP contribution in [0.2, 0.25) is 10.0 Å². The van der Waals surface area contributed by atoms with Gasteiger partial charge in [0.1, 0.15) is 5.75 Å². The van der Waals surface area contributed by atoms with Crippen LogP contribution in [0.4, 0.5) is 5.69 Å². The summed E-state index contributed by atoms with van der Waals surface area (Å²) in [6.07, 6.45) is 2.61. The second-order valence-electron chi connectivity index (χ2n) is 8.72. The summed E-state index contributed by atoms with van der Waals surface area (Å²) in [6.45, 7) is 5.86. The predicted octanol–water partition coefficient (Wildman–Crippen LogP) is 6.57. The van der Waals surface area contributed by atoms with Crippen molar-refractivity contribution in [2.24, 2.45) is 0 Å². The molecule has 1 aliphatic rings. The van der Waals surface area contributed by atoms with E-state index in [1.165, 1.54) is 0 Å². The second-order valence-corrected chi connectivity index (χ2v) is 9.53. The first-order valence-corrected chi connectivity index (χ1v) is 12.5. The highest BCUT2D eigenvalue weighted by Crippen LogP contribution is 2.35. The molecule has 3 aromatic carbocycles. The van der Waals surface area contributed by atoms with Crippen molar-refractivity contribution in [2.45, 2.75) is 38.3 Å². The van der Waals surface area contributed by atoms with Crippen molar-refractivity contribution in [1.82, 2.24) is 4.90 Å². The van der Waals surface area contributed by atoms with Crippen LogP contribution >= 0.6 is 23.2 Å². The van der Waals surface area contributed by atoms with Gasteiger partial charge in [-0.2, -0.15) is 0 Å². The summed E-state index contributed by atoms with van der Waals surface area (Å²) < 4.78 is 5.34. The van der Waals surface area contributed by atoms with Gasteiger partial charge in [-0.3, -0.25) is 4.90 Å². The Bertz CT molecular complexity index is 1080. The number of halogens is 2. The number of fused-ring (bicyclic) bond motifs is 1. The highest BCUT2D eigenvalue weighted by Gasteiger charge is 2.30. The Hall–Kier alpha value is -1.98. The Morgan fingerprint density at radius 3 is 2.48 bits per heavy atom. The zero-order valence-electron chi connectivity index (χ0n) is 19.3. The number of unbranched alkanes of at least 4 members (excludes halogenated alkanes) is 1. The van der Waals surface area contributed by atoms with E-state index in [4.69, 9.17) is 27.9 Å². The zero-order valence-corrected chi connectivity index (χ0v) is 20.8. The van der Waals surface area contributed by atoms with E-state index in [1.807, 2.05) is 42.5 Å². The first-order chi connectivity index (χ1) is 16.0. The normalized spacial score (nSPS) is 16.7. The topological polar surface area (TPSA) is 35.9 Å². The lowest BCUT2D eigenvalue weighted by Crippen LogP contribution is -2.52. The Balaban J connectivity index is 1.52. The highest BCUT2D eigenvalue weighted by molar-refractivity contribution is 6.37. The summed E-state index contributed by atoms with van der Waals surface area (Å²) in [5, 5.41) is 14.8. The SMILES string of the molecule is CCCC[C@@H]([C@@H](O)c1ccc2c(Cl)c(OC)ccc2c1)N1CCN(c2cccc(Cl)c2)CC1. The van der Waals surface area contributed by atoms with Crippen molar-refractivity contribution in [3.05, 3.63) is 70.2 Å². The molecule has 0 unspecified atom stereocenters. The molecule has 176 valence electrons. The molecule has 0 saturated carbocycles. The largest absolute Gasteiger partial charge is 0.495 e. The molecule has 0 aliphatic carbocycles. The molecule has 33 heavy (non-hydrogen) atoms. The summed E-state index contributed by atoms with van der Waals surface area (Å²) in [5.41, 5.74) is 2.09. The van der Waals surface area contributed by atoms with Crippen LogP contribution in [-0.4, -0.2) is 49.3 Å². The van der Waals surface area contributed by atoms with Gasteiger partial charge in [-0.05, 0) is 47.7 Å². The quantitative estimate of drug-likeness (QED) is 0.390. The molecular formula is C27H32Cl2N2O2. The molecule has 0 radical (unpaired) electrons. The first kappa shape index (κ1) is 24.2. The van der Waals surface area contributed by atoms with Crippen LogP contribution in [0.1, 0.15) is 37.9 Å². The number of benzene rings is 3. The fourth-order valence-corrected chi connectivity index (χ4v) is 5.29. The van der Waals surface area contributed by atoms with E-state index >= 15 is 0 Å². The number of methoxy groups -OCH3 is 1. The summed E-state index contributed by atoms with van der Waals surface area (Å²) >= 11 is 12.7. The molecule has 2 atom stereocenters. The molecule has 1 N–H and O–H groups in total. The molecule has 3 aromatic rings. The maximum atomic E-state index is 11.5. The third-order valence-electron chi connectivity index (χ3n) is 6.68. The van der Waals surface area contributed by atoms with Gasteiger partial charge in [0.15, 0.2) is 0 Å². The molecule has 0 aromatic heterocycles. The van der Waals surface area contributed by atoms with E-state index < -0.39 is 6.10 Å². The summed E-state index contributed by atoms with van der Waals surface area (Å²) in [6, 6.07) is 18.1. The monoisotopic (exact) mass is 486 g/mol. The molecule has 6 heteroatoms. The Morgan fingerprint density at radius 1 is 1.00 bits per heavy atom. The van der Waals surface area contributed by atoms with E-state index in [-0.39, 0.29) is 6.04 Å². The summed E-state index contributed by atoms with van der Waals surface area (Å²) in [7, 11) is 1.62. The number of rotatable bonds is 8. The van der Waals surface area contributed by atoms with Gasteiger partial charge in [0, 0.05) is 48.3 Å². The summed E-state index contributed by atoms with van der Waals surface area (Å²) in [5.74, 6) is 0.663. The lowest BCUT2D eigenvalue weighted by atomic mass is 9.94. The third kappa shape index (κ3) is 5.41. The Labute approximate surface area is 206 Å². The molecular weight excluding hydrogens is 455 g/mol. The number of aliphatic hydroxyl groups excluding tert-OH is 1. The van der Waals surface area contributed by atoms with Crippen LogP contribution in [-0.2, 0) is 0 Å². The lowest BCUT2D eigenvalue weighted by Gasteiger charge is -2.42. The molecule has 0 spiro atoms. The number of aliphatic hydroxyl groups is 1. The lowest BCUT2D eigenvalue weighted by molar-refractivity contribution is 0.0386. The van der Waals surface area contributed by atoms with Crippen LogP contribution in [0.5, 0.6) is 5.75 Å². The van der Waals surface area contributed by atoms with E-state index in [9.17, 15) is 5.11 Å². The van der Waals surface area contributed by atoms with Crippen molar-refractivity contribution in [1.29, 1.82) is 0 Å². The van der Waals surface area contributed by atoms with E-state index in [0.29, 0.717) is 10.8 Å². The van der Waals surface area contributed by atoms with Gasteiger partial charge >= 0.3 is 0 Å². The first-order valence-electron chi connectivity index (χ1n) is 11.7. The maximum Gasteiger partial charge on any atom is 0.138 e. The van der Waals surface area contributed by atoms with Crippen LogP contribution in [0.25, 0.3) is 10.8 Å². The average molecular weight is 487 g/mol. The fraction of sp³-hybridized carbons (Fsp3) is 0.407. The summed E-state index contributed by atoms with van der Waals surface area (Å²) in [4.78, 5) is 4.82. The van der Waals surface area contributed by atoms with Crippen molar-refractivity contribution in [3.8, 4) is 5.75 Å². The van der Waals surface area contributed by atoms with Crippen molar-refractivity contribution >= 4 is 39.7 Å². The van der Waals surface area contributed by atoms with Gasteiger partial charge < -0.3 is 14.7 Å². The molecule has 1 heterocycles. The predicted molar refractivity (Wildman–Crippen MR) is 139 cm³/mol. The van der Waals surface area contributed by atoms with Crippen LogP contribution in [0, 0.1) is 0 Å². The third-order valence-corrected chi connectivity index (χ3v) is 7.30. The number of hydrogen-bond acceptors (Lipinski definition) is 4. The van der Waals surface area contributed by atoms with Gasteiger partial charge in [0.25, 0.3) is 0 Å². The number of piperazine rings is 1. The number of ether oxygens (including phenoxy) is 1. The number of hydrogen-bond donors (Lipinski definition) is 1. The van der Waals surface area contributed by atoms with Gasteiger partial charge in [0.2, 0.25) is 0 Å². The number of anilines is 1. The van der Waals surface area contributed by atoms with Crippen molar-refractivity contribution in [2.75, 3.05) is 38.2 Å². The minimum Gasteiger partial charge on any atom is -0.495 e. The van der Waals surface area contributed by atoms with Crippen molar-refractivity contribution in [3.63, 3.8) is 0 Å². The van der Waals surface area contributed by atoms with Crippen LogP contribution in [0.3, 0.4) is 0 Å². The van der Waals surface area contributed by atoms with Crippen LogP contribution < -0.4 is 9.64 Å². The minimum atomic E-state index is -0.556. The standard InChI is InChI=1S/C27H32Cl2N2O2/c1-3-4-8-24(31-15-13-30(14-16-31)22-7-5-6-21(28)18-22)27(32)20-9-11-23-19(17-20)10-12-25(33-2)26(23)29/h5-7,9-12,17-18,24,27,32H,3-4,8,13-16H2,1-2H3/t24-,27-/m0/s1. The zero-order chi connectivity index (χ0) is 23.4. The molecule has 1 saturated heterocycles. The molecule has 4 nitrogen and oxygen atoms in total. The highest BCUT2D eigenvalue weighted by atomic mass is 35.5. The van der Waals surface area contributed by atoms with E-state index in [1.54, 1.807) is 7.11 Å². The molecule has 4 rings (SSSR count). The molecule has 0 amide bonds. The van der Waals surface area contributed by atoms with Gasteiger partial charge in [-0.25, -0.2) is 0 Å². The second kappa shape index (κ2) is 11.0. The average Bonchev–Trinajstić information content (AvgIpc) is 2.84. The minimum absolute atomic E-state index is 0.0811. The van der Waals surface area contributed by atoms with Gasteiger partial charge in [-0.1, -0.05) is 67.2 Å². The number of nitrogens with zero attached hydrogens (tertiary/aromatic N) is 2. The maximum absolute atomic E-state index is 11.5. The van der Waals surface area contributed by atoms with Crippen LogP contribution in [0.15, 0.2) is 54.6 Å².